The van der Waals surface area contributed by atoms with E-state index in [1.807, 2.05) is 6.08 Å². The molecule has 0 aromatic heterocycles. The lowest BCUT2D eigenvalue weighted by atomic mass is 9.96. The number of carbonyl (C=O) groups is 1. The molecule has 3 saturated heterocycles. The van der Waals surface area contributed by atoms with Crippen LogP contribution in [0.5, 0.6) is 0 Å². The lowest BCUT2D eigenvalue weighted by Gasteiger charge is -2.48. The van der Waals surface area contributed by atoms with Crippen molar-refractivity contribution in [3.8, 4) is 0 Å². The van der Waals surface area contributed by atoms with Crippen molar-refractivity contribution in [2.75, 3.05) is 26.4 Å². The standard InChI is InChI=1S/C73H137NO18/c1-3-5-7-9-11-12-13-14-15-16-17-18-19-20-21-22-23-24-25-26-27-28-29-30-31-32-33-34-35-36-37-38-39-40-41-42-43-45-47-49-51-61(79)74-56(57(78)50-48-46-44-10-8-6-4-2)55-87-71-67(85)64(82)69(59(53-76)89-71)92-73-68(86)65(83)70(60(54-77)90-73)91-72-66(84)63(81)62(80)58(52-75)88-72/h8,10,48,50,56-60,62-73,75-78,80-86H,3-7,9,11-47,49,51-55H2,1-2H3,(H,74,79)/b10-8+,50-48+. The van der Waals surface area contributed by atoms with Crippen molar-refractivity contribution in [3.05, 3.63) is 24.3 Å². The van der Waals surface area contributed by atoms with Gasteiger partial charge in [0.15, 0.2) is 18.9 Å². The molecule has 19 heteroatoms. The molecule has 0 saturated carbocycles. The highest BCUT2D eigenvalue weighted by atomic mass is 16.8. The minimum absolute atomic E-state index is 0.239. The van der Waals surface area contributed by atoms with Gasteiger partial charge in [-0.2, -0.15) is 0 Å². The van der Waals surface area contributed by atoms with E-state index in [1.54, 1.807) is 6.08 Å². The smallest absolute Gasteiger partial charge is 0.220 e. The molecule has 0 radical (unpaired) electrons. The number of hydrogen-bond acceptors (Lipinski definition) is 18. The first-order chi connectivity index (χ1) is 44.8. The SMILES string of the molecule is CCC/C=C/CC/C=C/C(O)C(COC1OC(CO)C(OC2OC(CO)C(OC3OC(CO)C(O)C(O)C3O)C(O)C2O)C(O)C1O)NC(=O)CCCCCCCCCCCCCCCCCCCCCCCCCCCCCCCCCCCCCCCCCC. The molecule has 12 N–H and O–H groups in total. The maximum absolute atomic E-state index is 13.3. The molecule has 0 bridgehead atoms. The molecule has 0 aromatic carbocycles. The second kappa shape index (κ2) is 55.2. The Morgan fingerprint density at radius 1 is 0.380 bits per heavy atom. The maximum Gasteiger partial charge on any atom is 0.220 e. The molecule has 3 rings (SSSR count). The molecule has 3 aliphatic rings. The van der Waals surface area contributed by atoms with Crippen LogP contribution < -0.4 is 5.32 Å². The summed E-state index contributed by atoms with van der Waals surface area (Å²) < 4.78 is 34.2. The van der Waals surface area contributed by atoms with Crippen molar-refractivity contribution in [2.24, 2.45) is 0 Å². The summed E-state index contributed by atoms with van der Waals surface area (Å²) in [4.78, 5) is 13.3. The molecule has 1 amide bonds. The fourth-order valence-corrected chi connectivity index (χ4v) is 12.9. The fourth-order valence-electron chi connectivity index (χ4n) is 12.9. The van der Waals surface area contributed by atoms with Gasteiger partial charge >= 0.3 is 0 Å². The zero-order chi connectivity index (χ0) is 66.8. The Morgan fingerprint density at radius 2 is 0.696 bits per heavy atom. The van der Waals surface area contributed by atoms with E-state index >= 15 is 0 Å². The average Bonchev–Trinajstić information content (AvgIpc) is 0.848. The van der Waals surface area contributed by atoms with Crippen LogP contribution in [0.3, 0.4) is 0 Å². The highest BCUT2D eigenvalue weighted by Gasteiger charge is 2.53. The van der Waals surface area contributed by atoms with E-state index in [0.29, 0.717) is 12.8 Å². The largest absolute Gasteiger partial charge is 0.394 e. The lowest BCUT2D eigenvalue weighted by Crippen LogP contribution is -2.66. The topological polar surface area (TPSA) is 307 Å². The van der Waals surface area contributed by atoms with Gasteiger partial charge in [-0.1, -0.05) is 295 Å². The monoisotopic (exact) mass is 1320 g/mol. The second-order valence-corrected chi connectivity index (χ2v) is 27.1. The van der Waals surface area contributed by atoms with Gasteiger partial charge in [0, 0.05) is 6.42 Å². The molecular formula is C73H137NO18. The van der Waals surface area contributed by atoms with Crippen LogP contribution in [0.2, 0.25) is 0 Å². The molecule has 0 spiro atoms. The third-order valence-electron chi connectivity index (χ3n) is 19.0. The van der Waals surface area contributed by atoms with Gasteiger partial charge in [-0.15, -0.1) is 0 Å². The number of nitrogens with one attached hydrogen (secondary N) is 1. The van der Waals surface area contributed by atoms with Crippen LogP contribution in [0, 0.1) is 0 Å². The van der Waals surface area contributed by atoms with E-state index in [4.69, 9.17) is 28.4 Å². The number of unbranched alkanes of at least 4 members (excludes halogenated alkanes) is 41. The van der Waals surface area contributed by atoms with Crippen molar-refractivity contribution >= 4 is 5.91 Å². The summed E-state index contributed by atoms with van der Waals surface area (Å²) >= 11 is 0. The van der Waals surface area contributed by atoms with Crippen LogP contribution in [0.4, 0.5) is 0 Å². The molecule has 0 aliphatic carbocycles. The van der Waals surface area contributed by atoms with Gasteiger partial charge in [0.25, 0.3) is 0 Å². The Morgan fingerprint density at radius 3 is 1.07 bits per heavy atom. The van der Waals surface area contributed by atoms with Crippen molar-refractivity contribution in [2.45, 2.75) is 407 Å². The highest BCUT2D eigenvalue weighted by molar-refractivity contribution is 5.76. The van der Waals surface area contributed by atoms with Crippen LogP contribution in [0.25, 0.3) is 0 Å². The lowest BCUT2D eigenvalue weighted by molar-refractivity contribution is -0.379. The summed E-state index contributed by atoms with van der Waals surface area (Å²) in [6, 6.07) is -0.984. The number of aliphatic hydroxyl groups excluding tert-OH is 11. The second-order valence-electron chi connectivity index (χ2n) is 27.1. The Balaban J connectivity index is 1.22. The summed E-state index contributed by atoms with van der Waals surface area (Å²) in [5, 5.41) is 120. The predicted molar refractivity (Wildman–Crippen MR) is 360 cm³/mol. The molecule has 92 heavy (non-hydrogen) atoms. The summed E-state index contributed by atoms with van der Waals surface area (Å²) in [5.41, 5.74) is 0. The number of aliphatic hydroxyl groups is 11. The highest BCUT2D eigenvalue weighted by Crippen LogP contribution is 2.33. The van der Waals surface area contributed by atoms with Crippen molar-refractivity contribution < 1.29 is 89.4 Å². The molecule has 0 aromatic rings. The van der Waals surface area contributed by atoms with Crippen LogP contribution in [0.15, 0.2) is 24.3 Å². The van der Waals surface area contributed by atoms with E-state index in [0.717, 1.165) is 38.5 Å². The quantitative estimate of drug-likeness (QED) is 0.0199. The van der Waals surface area contributed by atoms with E-state index in [-0.39, 0.29) is 18.9 Å². The zero-order valence-electron chi connectivity index (χ0n) is 57.5. The average molecular weight is 1320 g/mol. The third kappa shape index (κ3) is 36.2. The Bertz CT molecular complexity index is 1760. The Labute approximate surface area is 556 Å². The third-order valence-corrected chi connectivity index (χ3v) is 19.0. The minimum atomic E-state index is -1.98. The predicted octanol–water partition coefficient (Wildman–Crippen LogP) is 11.0. The van der Waals surface area contributed by atoms with Gasteiger partial charge < -0.3 is 89.9 Å². The molecule has 3 aliphatic heterocycles. The maximum atomic E-state index is 13.3. The number of allylic oxidation sites excluding steroid dienone is 3. The van der Waals surface area contributed by atoms with Gasteiger partial charge in [-0.05, 0) is 25.7 Å². The number of amides is 1. The number of carbonyl (C=O) groups excluding carboxylic acids is 1. The number of ether oxygens (including phenoxy) is 6. The van der Waals surface area contributed by atoms with E-state index < -0.39 is 124 Å². The molecule has 19 nitrogen and oxygen atoms in total. The molecular weight excluding hydrogens is 1180 g/mol. The number of rotatable bonds is 59. The van der Waals surface area contributed by atoms with E-state index in [2.05, 4.69) is 31.3 Å². The van der Waals surface area contributed by atoms with Crippen molar-refractivity contribution in [1.82, 2.24) is 5.32 Å². The first kappa shape index (κ1) is 84.5. The molecule has 17 atom stereocenters. The Kier molecular flexibility index (Phi) is 50.7. The van der Waals surface area contributed by atoms with Crippen LogP contribution in [-0.4, -0.2) is 193 Å². The zero-order valence-corrected chi connectivity index (χ0v) is 57.5. The Hall–Kier alpha value is -1.73. The normalized spacial score (nSPS) is 27.8. The van der Waals surface area contributed by atoms with E-state index in [9.17, 15) is 61.0 Å². The summed E-state index contributed by atoms with van der Waals surface area (Å²) in [5.74, 6) is -0.285. The summed E-state index contributed by atoms with van der Waals surface area (Å²) in [7, 11) is 0. The molecule has 3 heterocycles. The molecule has 17 unspecified atom stereocenters. The summed E-state index contributed by atoms with van der Waals surface area (Å²) in [6.07, 6.45) is 38.6. The number of hydrogen-bond donors (Lipinski definition) is 12. The van der Waals surface area contributed by atoms with Crippen LogP contribution in [-0.2, 0) is 33.2 Å². The van der Waals surface area contributed by atoms with Gasteiger partial charge in [-0.25, -0.2) is 0 Å². The van der Waals surface area contributed by atoms with Crippen molar-refractivity contribution in [1.29, 1.82) is 0 Å². The van der Waals surface area contributed by atoms with Gasteiger partial charge in [0.05, 0.1) is 38.6 Å². The van der Waals surface area contributed by atoms with Gasteiger partial charge in [0.1, 0.15) is 73.2 Å². The van der Waals surface area contributed by atoms with Gasteiger partial charge in [-0.3, -0.25) is 4.79 Å². The first-order valence-corrected chi connectivity index (χ1v) is 37.6. The van der Waals surface area contributed by atoms with Crippen LogP contribution >= 0.6 is 0 Å². The molecule has 542 valence electrons. The summed E-state index contributed by atoms with van der Waals surface area (Å²) in [6.45, 7) is 1.61. The van der Waals surface area contributed by atoms with Crippen LogP contribution in [0.1, 0.15) is 303 Å². The first-order valence-electron chi connectivity index (χ1n) is 37.6. The van der Waals surface area contributed by atoms with Gasteiger partial charge in [0.2, 0.25) is 5.91 Å². The molecule has 3 fully saturated rings. The minimum Gasteiger partial charge on any atom is -0.394 e. The fraction of sp³-hybridized carbons (Fsp3) is 0.932. The van der Waals surface area contributed by atoms with Crippen molar-refractivity contribution in [3.63, 3.8) is 0 Å². The van der Waals surface area contributed by atoms with E-state index in [1.165, 1.54) is 231 Å².